The van der Waals surface area contributed by atoms with Crippen molar-refractivity contribution in [2.45, 2.75) is 57.0 Å². The molecule has 0 spiro atoms. The lowest BCUT2D eigenvalue weighted by molar-refractivity contribution is -0.127. The topological polar surface area (TPSA) is 154 Å². The predicted molar refractivity (Wildman–Crippen MR) is 116 cm³/mol. The molecule has 9 heteroatoms. The third-order valence-corrected chi connectivity index (χ3v) is 5.36. The highest BCUT2D eigenvalue weighted by Crippen LogP contribution is 2.20. The second-order valence-electron chi connectivity index (χ2n) is 8.12. The Morgan fingerprint density at radius 3 is 2.35 bits per heavy atom. The molecule has 1 aliphatic carbocycles. The summed E-state index contributed by atoms with van der Waals surface area (Å²) < 4.78 is 0. The smallest absolute Gasteiger partial charge is 0.247 e. The van der Waals surface area contributed by atoms with Gasteiger partial charge in [-0.05, 0) is 18.5 Å². The Morgan fingerprint density at radius 1 is 1.16 bits per heavy atom. The zero-order chi connectivity index (χ0) is 23.1. The van der Waals surface area contributed by atoms with Crippen LogP contribution in [0.25, 0.3) is 0 Å². The molecule has 170 valence electrons. The van der Waals surface area contributed by atoms with Crippen molar-refractivity contribution < 1.29 is 24.6 Å². The van der Waals surface area contributed by atoms with Crippen LogP contribution in [0.3, 0.4) is 0 Å². The molecule has 0 aromatic heterocycles. The summed E-state index contributed by atoms with van der Waals surface area (Å²) in [5.74, 6) is -1.63. The highest BCUT2D eigenvalue weighted by molar-refractivity contribution is 5.97. The van der Waals surface area contributed by atoms with Gasteiger partial charge in [0.2, 0.25) is 17.7 Å². The maximum absolute atomic E-state index is 12.8. The number of carbonyl (C=O) groups is 3. The van der Waals surface area contributed by atoms with Crippen LogP contribution in [-0.2, 0) is 20.8 Å². The van der Waals surface area contributed by atoms with Crippen LogP contribution in [-0.4, -0.2) is 65.3 Å². The number of rotatable bonds is 9. The van der Waals surface area contributed by atoms with Gasteiger partial charge in [-0.2, -0.15) is 0 Å². The van der Waals surface area contributed by atoms with Gasteiger partial charge in [-0.3, -0.25) is 14.4 Å². The van der Waals surface area contributed by atoms with Crippen LogP contribution in [0, 0.1) is 5.92 Å². The SMILES string of the molecule is CNC(C(=O)NC1C=C(C(=O)NC(Cc2ccccc2)C(N)=O)CC(O)C1O)C(C)C. The summed E-state index contributed by atoms with van der Waals surface area (Å²) in [4.78, 5) is 37.2. The largest absolute Gasteiger partial charge is 0.390 e. The lowest BCUT2D eigenvalue weighted by Crippen LogP contribution is -2.56. The number of primary amides is 1. The average molecular weight is 433 g/mol. The van der Waals surface area contributed by atoms with Gasteiger partial charge in [0.1, 0.15) is 12.1 Å². The standard InChI is InChI=1S/C22H32N4O5/c1-12(2)18(24-3)22(31)25-15-10-14(11-17(27)19(15)28)21(30)26-16(20(23)29)9-13-7-5-4-6-8-13/h4-8,10,12,15-19,24,27-28H,9,11H2,1-3H3,(H2,23,29)(H,25,31)(H,26,30). The highest BCUT2D eigenvalue weighted by Gasteiger charge is 2.35. The minimum atomic E-state index is -1.26. The Hall–Kier alpha value is -2.75. The molecule has 1 aromatic rings. The van der Waals surface area contributed by atoms with Gasteiger partial charge in [0.25, 0.3) is 0 Å². The molecule has 0 aliphatic heterocycles. The van der Waals surface area contributed by atoms with Crippen LogP contribution < -0.4 is 21.7 Å². The molecule has 31 heavy (non-hydrogen) atoms. The van der Waals surface area contributed by atoms with Gasteiger partial charge in [-0.1, -0.05) is 50.3 Å². The first-order valence-electron chi connectivity index (χ1n) is 10.3. The van der Waals surface area contributed by atoms with E-state index in [-0.39, 0.29) is 30.2 Å². The fraction of sp³-hybridized carbons (Fsp3) is 0.500. The summed E-state index contributed by atoms with van der Waals surface area (Å²) in [6.07, 6.45) is -0.988. The number of likely N-dealkylation sites (N-methyl/N-ethyl adjacent to an activating group) is 1. The van der Waals surface area contributed by atoms with Crippen molar-refractivity contribution >= 4 is 17.7 Å². The quantitative estimate of drug-likeness (QED) is 0.294. The maximum atomic E-state index is 12.8. The third kappa shape index (κ3) is 6.61. The van der Waals surface area contributed by atoms with Gasteiger partial charge in [0, 0.05) is 18.4 Å². The lowest BCUT2D eigenvalue weighted by atomic mass is 9.89. The summed E-state index contributed by atoms with van der Waals surface area (Å²) in [5, 5.41) is 28.7. The van der Waals surface area contributed by atoms with E-state index in [1.807, 2.05) is 44.2 Å². The molecule has 0 heterocycles. The van der Waals surface area contributed by atoms with E-state index in [9.17, 15) is 24.6 Å². The summed E-state index contributed by atoms with van der Waals surface area (Å²) in [6.45, 7) is 3.75. The Kier molecular flexibility index (Phi) is 8.73. The highest BCUT2D eigenvalue weighted by atomic mass is 16.3. The van der Waals surface area contributed by atoms with Gasteiger partial charge in [-0.25, -0.2) is 0 Å². The fourth-order valence-electron chi connectivity index (χ4n) is 3.61. The van der Waals surface area contributed by atoms with Crippen molar-refractivity contribution in [1.82, 2.24) is 16.0 Å². The molecule has 1 aromatic carbocycles. The molecule has 7 N–H and O–H groups in total. The molecule has 5 atom stereocenters. The Morgan fingerprint density at radius 2 is 1.81 bits per heavy atom. The van der Waals surface area contributed by atoms with Gasteiger partial charge >= 0.3 is 0 Å². The van der Waals surface area contributed by atoms with Gasteiger partial charge in [-0.15, -0.1) is 0 Å². The predicted octanol–water partition coefficient (Wildman–Crippen LogP) is -1.02. The van der Waals surface area contributed by atoms with Crippen molar-refractivity contribution in [2.24, 2.45) is 11.7 Å². The number of carbonyl (C=O) groups excluding carboxylic acids is 3. The number of benzene rings is 1. The second-order valence-corrected chi connectivity index (χ2v) is 8.12. The first kappa shape index (κ1) is 24.5. The van der Waals surface area contributed by atoms with E-state index >= 15 is 0 Å². The molecule has 0 fully saturated rings. The molecule has 0 saturated heterocycles. The van der Waals surface area contributed by atoms with Crippen molar-refractivity contribution in [3.8, 4) is 0 Å². The molecule has 9 nitrogen and oxygen atoms in total. The van der Waals surface area contributed by atoms with E-state index in [0.717, 1.165) is 5.56 Å². The van der Waals surface area contributed by atoms with Crippen molar-refractivity contribution in [2.75, 3.05) is 7.05 Å². The second kappa shape index (κ2) is 11.0. The molecule has 1 aliphatic rings. The van der Waals surface area contributed by atoms with E-state index in [0.29, 0.717) is 0 Å². The summed E-state index contributed by atoms with van der Waals surface area (Å²) in [7, 11) is 1.65. The molecule has 3 amide bonds. The summed E-state index contributed by atoms with van der Waals surface area (Å²) in [6, 6.07) is 6.73. The number of aliphatic hydroxyl groups is 2. The van der Waals surface area contributed by atoms with Gasteiger partial charge in [0.05, 0.1) is 18.2 Å². The molecule has 5 unspecified atom stereocenters. The van der Waals surface area contributed by atoms with Crippen LogP contribution in [0.1, 0.15) is 25.8 Å². The molecule has 0 bridgehead atoms. The number of amides is 3. The van der Waals surface area contributed by atoms with Crippen LogP contribution in [0.2, 0.25) is 0 Å². The first-order valence-corrected chi connectivity index (χ1v) is 10.3. The number of hydrogen-bond acceptors (Lipinski definition) is 6. The number of aliphatic hydroxyl groups excluding tert-OH is 2. The number of hydrogen-bond donors (Lipinski definition) is 6. The average Bonchev–Trinajstić information content (AvgIpc) is 2.71. The van der Waals surface area contributed by atoms with E-state index in [4.69, 9.17) is 5.73 Å². The van der Waals surface area contributed by atoms with Crippen LogP contribution in [0.4, 0.5) is 0 Å². The molecule has 0 radical (unpaired) electrons. The zero-order valence-corrected chi connectivity index (χ0v) is 18.0. The molecule has 0 saturated carbocycles. The van der Waals surface area contributed by atoms with Crippen LogP contribution in [0.5, 0.6) is 0 Å². The minimum absolute atomic E-state index is 0.00304. The van der Waals surface area contributed by atoms with Gasteiger partial charge in [0.15, 0.2) is 0 Å². The van der Waals surface area contributed by atoms with Crippen molar-refractivity contribution in [3.63, 3.8) is 0 Å². The third-order valence-electron chi connectivity index (χ3n) is 5.36. The normalized spacial score (nSPS) is 22.9. The zero-order valence-electron chi connectivity index (χ0n) is 18.0. The number of nitrogens with two attached hydrogens (primary N) is 1. The number of nitrogens with one attached hydrogen (secondary N) is 3. The van der Waals surface area contributed by atoms with E-state index in [1.54, 1.807) is 7.05 Å². The summed E-state index contributed by atoms with van der Waals surface area (Å²) in [5.41, 5.74) is 6.45. The Labute approximate surface area is 182 Å². The molecular weight excluding hydrogens is 400 g/mol. The van der Waals surface area contributed by atoms with Crippen molar-refractivity contribution in [1.29, 1.82) is 0 Å². The monoisotopic (exact) mass is 432 g/mol. The Balaban J connectivity index is 2.14. The minimum Gasteiger partial charge on any atom is -0.390 e. The van der Waals surface area contributed by atoms with Crippen molar-refractivity contribution in [3.05, 3.63) is 47.5 Å². The fourth-order valence-corrected chi connectivity index (χ4v) is 3.61. The molecule has 2 rings (SSSR count). The maximum Gasteiger partial charge on any atom is 0.247 e. The first-order chi connectivity index (χ1) is 14.6. The summed E-state index contributed by atoms with van der Waals surface area (Å²) >= 11 is 0. The van der Waals surface area contributed by atoms with E-state index in [2.05, 4.69) is 16.0 Å². The lowest BCUT2D eigenvalue weighted by Gasteiger charge is -2.32. The molecular formula is C22H32N4O5. The van der Waals surface area contributed by atoms with Crippen LogP contribution >= 0.6 is 0 Å². The Bertz CT molecular complexity index is 811. The van der Waals surface area contributed by atoms with Gasteiger partial charge < -0.3 is 31.9 Å². The van der Waals surface area contributed by atoms with E-state index in [1.165, 1.54) is 6.08 Å². The van der Waals surface area contributed by atoms with E-state index < -0.39 is 42.1 Å². The van der Waals surface area contributed by atoms with Crippen LogP contribution in [0.15, 0.2) is 42.0 Å².